The maximum absolute atomic E-state index is 9.08. The van der Waals surface area contributed by atoms with Crippen LogP contribution < -0.4 is 5.32 Å². The highest BCUT2D eigenvalue weighted by atomic mass is 16.3. The molecule has 0 radical (unpaired) electrons. The summed E-state index contributed by atoms with van der Waals surface area (Å²) in [6.07, 6.45) is 7.97. The highest BCUT2D eigenvalue weighted by Crippen LogP contribution is 2.10. The zero-order valence-corrected chi connectivity index (χ0v) is 10.0. The molecule has 0 spiro atoms. The van der Waals surface area contributed by atoms with Crippen LogP contribution in [0.5, 0.6) is 0 Å². The van der Waals surface area contributed by atoms with Gasteiger partial charge in [-0.3, -0.25) is 0 Å². The molecule has 1 heterocycles. The molecule has 1 fully saturated rings. The molecule has 0 saturated carbocycles. The van der Waals surface area contributed by atoms with Crippen LogP contribution in [0.15, 0.2) is 0 Å². The van der Waals surface area contributed by atoms with Crippen LogP contribution in [0.25, 0.3) is 0 Å². The minimum Gasteiger partial charge on any atom is -0.395 e. The quantitative estimate of drug-likeness (QED) is 0.722. The van der Waals surface area contributed by atoms with E-state index in [2.05, 4.69) is 10.2 Å². The molecule has 0 aromatic rings. The second-order valence-corrected chi connectivity index (χ2v) is 4.57. The van der Waals surface area contributed by atoms with Crippen molar-refractivity contribution in [3.63, 3.8) is 0 Å². The van der Waals surface area contributed by atoms with Crippen molar-refractivity contribution in [2.45, 2.75) is 44.6 Å². The van der Waals surface area contributed by atoms with Crippen molar-refractivity contribution < 1.29 is 5.11 Å². The number of hydrogen-bond donors (Lipinski definition) is 2. The molecule has 90 valence electrons. The molecule has 1 saturated heterocycles. The molecule has 3 nitrogen and oxygen atoms in total. The topological polar surface area (TPSA) is 35.5 Å². The lowest BCUT2D eigenvalue weighted by atomic mass is 10.1. The van der Waals surface area contributed by atoms with E-state index in [4.69, 9.17) is 5.11 Å². The standard InChI is InChI=1S/C12H26N2O/c1-13-12(11-15)7-10-14-8-5-3-2-4-6-9-14/h12-13,15H,2-11H2,1H3. The van der Waals surface area contributed by atoms with Crippen LogP contribution in [0.1, 0.15) is 38.5 Å². The monoisotopic (exact) mass is 214 g/mol. The predicted octanol–water partition coefficient (Wildman–Crippen LogP) is 1.22. The third kappa shape index (κ3) is 5.50. The van der Waals surface area contributed by atoms with Gasteiger partial charge in [0.05, 0.1) is 6.61 Å². The van der Waals surface area contributed by atoms with Crippen LogP contribution in [0.2, 0.25) is 0 Å². The number of aliphatic hydroxyl groups is 1. The Morgan fingerprint density at radius 1 is 1.13 bits per heavy atom. The molecule has 1 unspecified atom stereocenters. The first-order chi connectivity index (χ1) is 7.36. The van der Waals surface area contributed by atoms with Gasteiger partial charge in [-0.15, -0.1) is 0 Å². The largest absolute Gasteiger partial charge is 0.395 e. The predicted molar refractivity (Wildman–Crippen MR) is 64.1 cm³/mol. The molecule has 0 aromatic carbocycles. The van der Waals surface area contributed by atoms with E-state index in [0.717, 1.165) is 13.0 Å². The lowest BCUT2D eigenvalue weighted by Crippen LogP contribution is -2.36. The summed E-state index contributed by atoms with van der Waals surface area (Å²) in [5.41, 5.74) is 0. The fraction of sp³-hybridized carbons (Fsp3) is 1.00. The minimum atomic E-state index is 0.254. The molecule has 1 aliphatic rings. The summed E-state index contributed by atoms with van der Waals surface area (Å²) < 4.78 is 0. The number of nitrogens with zero attached hydrogens (tertiary/aromatic N) is 1. The average Bonchev–Trinajstić information content (AvgIpc) is 2.21. The van der Waals surface area contributed by atoms with E-state index in [-0.39, 0.29) is 12.6 Å². The summed E-state index contributed by atoms with van der Waals surface area (Å²) in [7, 11) is 1.92. The maximum atomic E-state index is 9.08. The third-order valence-electron chi connectivity index (χ3n) is 3.37. The molecule has 0 aliphatic carbocycles. The van der Waals surface area contributed by atoms with Crippen molar-refractivity contribution in [2.75, 3.05) is 33.3 Å². The number of nitrogens with one attached hydrogen (secondary N) is 1. The lowest BCUT2D eigenvalue weighted by Gasteiger charge is -2.26. The number of aliphatic hydroxyl groups excluding tert-OH is 1. The summed E-state index contributed by atoms with van der Waals surface area (Å²) >= 11 is 0. The van der Waals surface area contributed by atoms with Crippen LogP contribution in [-0.2, 0) is 0 Å². The molecule has 1 rings (SSSR count). The molecule has 2 N–H and O–H groups in total. The highest BCUT2D eigenvalue weighted by molar-refractivity contribution is 4.68. The lowest BCUT2D eigenvalue weighted by molar-refractivity contribution is 0.201. The first kappa shape index (κ1) is 12.9. The second-order valence-electron chi connectivity index (χ2n) is 4.57. The molecule has 0 bridgehead atoms. The van der Waals surface area contributed by atoms with Gasteiger partial charge in [0.1, 0.15) is 0 Å². The number of rotatable bonds is 5. The Bertz CT molecular complexity index is 141. The van der Waals surface area contributed by atoms with Crippen molar-refractivity contribution in [3.8, 4) is 0 Å². The van der Waals surface area contributed by atoms with Crippen molar-refractivity contribution in [1.82, 2.24) is 10.2 Å². The van der Waals surface area contributed by atoms with Crippen LogP contribution in [-0.4, -0.2) is 49.3 Å². The maximum Gasteiger partial charge on any atom is 0.0585 e. The minimum absolute atomic E-state index is 0.254. The fourth-order valence-corrected chi connectivity index (χ4v) is 2.20. The van der Waals surface area contributed by atoms with Gasteiger partial charge in [0, 0.05) is 6.04 Å². The summed E-state index contributed by atoms with van der Waals surface area (Å²) in [5.74, 6) is 0. The van der Waals surface area contributed by atoms with E-state index in [1.54, 1.807) is 0 Å². The van der Waals surface area contributed by atoms with Crippen molar-refractivity contribution in [2.24, 2.45) is 0 Å². The van der Waals surface area contributed by atoms with Gasteiger partial charge in [0.25, 0.3) is 0 Å². The normalized spacial score (nSPS) is 22.0. The fourth-order valence-electron chi connectivity index (χ4n) is 2.20. The summed E-state index contributed by atoms with van der Waals surface area (Å²) in [6, 6.07) is 0.274. The van der Waals surface area contributed by atoms with E-state index < -0.39 is 0 Å². The molecule has 15 heavy (non-hydrogen) atoms. The Morgan fingerprint density at radius 3 is 2.27 bits per heavy atom. The van der Waals surface area contributed by atoms with E-state index in [0.29, 0.717) is 0 Å². The Hall–Kier alpha value is -0.120. The third-order valence-corrected chi connectivity index (χ3v) is 3.37. The molecular weight excluding hydrogens is 188 g/mol. The smallest absolute Gasteiger partial charge is 0.0585 e. The van der Waals surface area contributed by atoms with Gasteiger partial charge < -0.3 is 15.3 Å². The van der Waals surface area contributed by atoms with Gasteiger partial charge in [-0.25, -0.2) is 0 Å². The first-order valence-electron chi connectivity index (χ1n) is 6.37. The van der Waals surface area contributed by atoms with E-state index in [1.165, 1.54) is 45.2 Å². The molecule has 0 aromatic heterocycles. The number of likely N-dealkylation sites (N-methyl/N-ethyl adjacent to an activating group) is 1. The van der Waals surface area contributed by atoms with Gasteiger partial charge in [-0.2, -0.15) is 0 Å². The van der Waals surface area contributed by atoms with Crippen LogP contribution >= 0.6 is 0 Å². The highest BCUT2D eigenvalue weighted by Gasteiger charge is 2.10. The van der Waals surface area contributed by atoms with Gasteiger partial charge in [0.2, 0.25) is 0 Å². The first-order valence-corrected chi connectivity index (χ1v) is 6.37. The average molecular weight is 214 g/mol. The van der Waals surface area contributed by atoms with E-state index in [1.807, 2.05) is 7.05 Å². The Labute approximate surface area is 93.9 Å². The summed E-state index contributed by atoms with van der Waals surface area (Å²) in [6.45, 7) is 3.89. The Balaban J connectivity index is 2.16. The van der Waals surface area contributed by atoms with Crippen LogP contribution in [0.3, 0.4) is 0 Å². The van der Waals surface area contributed by atoms with Gasteiger partial charge in [-0.1, -0.05) is 19.3 Å². The Morgan fingerprint density at radius 2 is 1.73 bits per heavy atom. The Kier molecular flexibility index (Phi) is 6.98. The summed E-state index contributed by atoms with van der Waals surface area (Å²) in [4.78, 5) is 2.55. The summed E-state index contributed by atoms with van der Waals surface area (Å²) in [5, 5.41) is 12.2. The number of likely N-dealkylation sites (tertiary alicyclic amines) is 1. The van der Waals surface area contributed by atoms with Crippen molar-refractivity contribution >= 4 is 0 Å². The van der Waals surface area contributed by atoms with E-state index in [9.17, 15) is 0 Å². The van der Waals surface area contributed by atoms with Gasteiger partial charge >= 0.3 is 0 Å². The zero-order chi connectivity index (χ0) is 10.9. The van der Waals surface area contributed by atoms with Crippen molar-refractivity contribution in [1.29, 1.82) is 0 Å². The molecular formula is C12H26N2O. The molecule has 1 aliphatic heterocycles. The van der Waals surface area contributed by atoms with Gasteiger partial charge in [-0.05, 0) is 45.9 Å². The molecule has 0 amide bonds. The van der Waals surface area contributed by atoms with Crippen LogP contribution in [0.4, 0.5) is 0 Å². The van der Waals surface area contributed by atoms with Gasteiger partial charge in [0.15, 0.2) is 0 Å². The molecule has 3 heteroatoms. The SMILES string of the molecule is CNC(CO)CCN1CCCCCCC1. The molecule has 1 atom stereocenters. The zero-order valence-electron chi connectivity index (χ0n) is 10.0. The van der Waals surface area contributed by atoms with E-state index >= 15 is 0 Å². The second kappa shape index (κ2) is 8.08. The van der Waals surface area contributed by atoms with Crippen LogP contribution in [0, 0.1) is 0 Å². The van der Waals surface area contributed by atoms with Crippen molar-refractivity contribution in [3.05, 3.63) is 0 Å². The number of hydrogen-bond acceptors (Lipinski definition) is 3.